The first-order valence-electron chi connectivity index (χ1n) is 7.51. The van der Waals surface area contributed by atoms with Gasteiger partial charge in [-0.3, -0.25) is 4.79 Å². The maximum atomic E-state index is 12.4. The largest absolute Gasteiger partial charge is 0.493 e. The number of carbonyl (C=O) groups excluding carboxylic acids is 1. The zero-order valence-electron chi connectivity index (χ0n) is 14.1. The summed E-state index contributed by atoms with van der Waals surface area (Å²) in [6.07, 6.45) is 0.285. The molecule has 0 aliphatic carbocycles. The van der Waals surface area contributed by atoms with Gasteiger partial charge in [0, 0.05) is 13.6 Å². The maximum Gasteiger partial charge on any atom is 0.227 e. The first-order chi connectivity index (χ1) is 11.6. The second kappa shape index (κ2) is 8.02. The van der Waals surface area contributed by atoms with Crippen molar-refractivity contribution in [2.75, 3.05) is 21.3 Å². The highest BCUT2D eigenvalue weighted by Crippen LogP contribution is 2.27. The van der Waals surface area contributed by atoms with Crippen LogP contribution in [0.5, 0.6) is 11.5 Å². The van der Waals surface area contributed by atoms with Crippen LogP contribution >= 0.6 is 0 Å². The van der Waals surface area contributed by atoms with Gasteiger partial charge in [-0.2, -0.15) is 5.26 Å². The van der Waals surface area contributed by atoms with Crippen LogP contribution in [0.1, 0.15) is 16.7 Å². The Balaban J connectivity index is 2.01. The standard InChI is InChI=1S/C19H20N2O3/c1-21(13-15-6-4-14(12-20)5-7-15)19(22)11-16-8-9-17(23-2)18(10-16)24-3/h4-10H,11,13H2,1-3H3. The summed E-state index contributed by atoms with van der Waals surface area (Å²) in [7, 11) is 4.91. The van der Waals surface area contributed by atoms with E-state index in [2.05, 4.69) is 6.07 Å². The molecule has 5 heteroatoms. The summed E-state index contributed by atoms with van der Waals surface area (Å²) in [5, 5.41) is 8.81. The summed E-state index contributed by atoms with van der Waals surface area (Å²) in [6, 6.07) is 14.8. The lowest BCUT2D eigenvalue weighted by Crippen LogP contribution is -2.27. The summed E-state index contributed by atoms with van der Waals surface area (Å²) in [5.74, 6) is 1.25. The van der Waals surface area contributed by atoms with Gasteiger partial charge >= 0.3 is 0 Å². The molecule has 0 saturated carbocycles. The molecule has 0 bridgehead atoms. The molecule has 0 spiro atoms. The van der Waals surface area contributed by atoms with Gasteiger partial charge in [-0.25, -0.2) is 0 Å². The van der Waals surface area contributed by atoms with Crippen molar-refractivity contribution in [3.8, 4) is 17.6 Å². The highest BCUT2D eigenvalue weighted by molar-refractivity contribution is 5.78. The third kappa shape index (κ3) is 4.26. The predicted octanol–water partition coefficient (Wildman–Crippen LogP) is 2.78. The van der Waals surface area contributed by atoms with Crippen molar-refractivity contribution < 1.29 is 14.3 Å². The Hall–Kier alpha value is -3.00. The van der Waals surface area contributed by atoms with Crippen LogP contribution in [0.2, 0.25) is 0 Å². The minimum Gasteiger partial charge on any atom is -0.493 e. The molecule has 0 atom stereocenters. The molecule has 24 heavy (non-hydrogen) atoms. The van der Waals surface area contributed by atoms with Gasteiger partial charge in [0.2, 0.25) is 5.91 Å². The SMILES string of the molecule is COc1ccc(CC(=O)N(C)Cc2ccc(C#N)cc2)cc1OC. The van der Waals surface area contributed by atoms with Gasteiger partial charge in [0.25, 0.3) is 0 Å². The monoisotopic (exact) mass is 324 g/mol. The molecule has 0 N–H and O–H groups in total. The molecule has 0 aromatic heterocycles. The molecule has 124 valence electrons. The van der Waals surface area contributed by atoms with E-state index >= 15 is 0 Å². The number of hydrogen-bond donors (Lipinski definition) is 0. The lowest BCUT2D eigenvalue weighted by Gasteiger charge is -2.18. The van der Waals surface area contributed by atoms with Crippen LogP contribution in [0.3, 0.4) is 0 Å². The van der Waals surface area contributed by atoms with Crippen molar-refractivity contribution in [1.29, 1.82) is 5.26 Å². The Morgan fingerprint density at radius 2 is 1.67 bits per heavy atom. The molecule has 2 aromatic carbocycles. The number of likely N-dealkylation sites (N-methyl/N-ethyl adjacent to an activating group) is 1. The molecule has 0 unspecified atom stereocenters. The van der Waals surface area contributed by atoms with Crippen molar-refractivity contribution >= 4 is 5.91 Å². The van der Waals surface area contributed by atoms with E-state index in [1.165, 1.54) is 0 Å². The number of rotatable bonds is 6. The molecule has 0 aliphatic heterocycles. The van der Waals surface area contributed by atoms with Gasteiger partial charge < -0.3 is 14.4 Å². The van der Waals surface area contributed by atoms with Crippen LogP contribution < -0.4 is 9.47 Å². The minimum absolute atomic E-state index is 0.00609. The zero-order chi connectivity index (χ0) is 17.5. The van der Waals surface area contributed by atoms with Crippen LogP contribution in [0.15, 0.2) is 42.5 Å². The van der Waals surface area contributed by atoms with Crippen molar-refractivity contribution in [2.24, 2.45) is 0 Å². The minimum atomic E-state index is 0.00609. The summed E-state index contributed by atoms with van der Waals surface area (Å²) in [5.41, 5.74) is 2.46. The van der Waals surface area contributed by atoms with E-state index in [1.807, 2.05) is 24.3 Å². The summed E-state index contributed by atoms with van der Waals surface area (Å²) >= 11 is 0. The Kier molecular flexibility index (Phi) is 5.80. The third-order valence-electron chi connectivity index (χ3n) is 3.73. The van der Waals surface area contributed by atoms with Crippen LogP contribution in [0.4, 0.5) is 0 Å². The molecule has 0 heterocycles. The number of nitriles is 1. The molecule has 0 fully saturated rings. The summed E-state index contributed by atoms with van der Waals surface area (Å²) < 4.78 is 10.5. The number of benzene rings is 2. The van der Waals surface area contributed by atoms with Crippen molar-refractivity contribution in [3.05, 3.63) is 59.2 Å². The van der Waals surface area contributed by atoms with E-state index in [0.717, 1.165) is 11.1 Å². The van der Waals surface area contributed by atoms with Crippen LogP contribution in [-0.4, -0.2) is 32.1 Å². The first-order valence-corrected chi connectivity index (χ1v) is 7.51. The number of hydrogen-bond acceptors (Lipinski definition) is 4. The summed E-state index contributed by atoms with van der Waals surface area (Å²) in [4.78, 5) is 14.1. The fraction of sp³-hybridized carbons (Fsp3) is 0.263. The second-order valence-electron chi connectivity index (χ2n) is 5.42. The molecule has 0 saturated heterocycles. The van der Waals surface area contributed by atoms with Gasteiger partial charge in [-0.15, -0.1) is 0 Å². The van der Waals surface area contributed by atoms with Gasteiger partial charge in [0.15, 0.2) is 11.5 Å². The van der Waals surface area contributed by atoms with E-state index < -0.39 is 0 Å². The van der Waals surface area contributed by atoms with Gasteiger partial charge in [-0.1, -0.05) is 18.2 Å². The smallest absolute Gasteiger partial charge is 0.227 e. The Morgan fingerprint density at radius 1 is 1.04 bits per heavy atom. The first kappa shape index (κ1) is 17.4. The number of methoxy groups -OCH3 is 2. The lowest BCUT2D eigenvalue weighted by atomic mass is 10.1. The molecule has 0 aliphatic rings. The maximum absolute atomic E-state index is 12.4. The molecule has 2 rings (SSSR count). The third-order valence-corrected chi connectivity index (χ3v) is 3.73. The van der Waals surface area contributed by atoms with Crippen molar-refractivity contribution in [1.82, 2.24) is 4.90 Å². The highest BCUT2D eigenvalue weighted by Gasteiger charge is 2.12. The van der Waals surface area contributed by atoms with Gasteiger partial charge in [0.05, 0.1) is 32.3 Å². The lowest BCUT2D eigenvalue weighted by molar-refractivity contribution is -0.129. The Morgan fingerprint density at radius 3 is 2.25 bits per heavy atom. The van der Waals surface area contributed by atoms with Crippen molar-refractivity contribution in [3.63, 3.8) is 0 Å². The number of ether oxygens (including phenoxy) is 2. The van der Waals surface area contributed by atoms with E-state index in [1.54, 1.807) is 44.4 Å². The summed E-state index contributed by atoms with van der Waals surface area (Å²) in [6.45, 7) is 0.498. The number of carbonyl (C=O) groups is 1. The highest BCUT2D eigenvalue weighted by atomic mass is 16.5. The normalized spacial score (nSPS) is 9.92. The van der Waals surface area contributed by atoms with Crippen molar-refractivity contribution in [2.45, 2.75) is 13.0 Å². The van der Waals surface area contributed by atoms with Crippen LogP contribution in [0.25, 0.3) is 0 Å². The molecular weight excluding hydrogens is 304 g/mol. The average molecular weight is 324 g/mol. The number of nitrogens with zero attached hydrogens (tertiary/aromatic N) is 2. The fourth-order valence-corrected chi connectivity index (χ4v) is 2.35. The van der Waals surface area contributed by atoms with E-state index in [0.29, 0.717) is 23.6 Å². The second-order valence-corrected chi connectivity index (χ2v) is 5.42. The van der Waals surface area contributed by atoms with E-state index in [9.17, 15) is 4.79 Å². The van der Waals surface area contributed by atoms with Gasteiger partial charge in [0.1, 0.15) is 0 Å². The quantitative estimate of drug-likeness (QED) is 0.820. The zero-order valence-corrected chi connectivity index (χ0v) is 14.1. The fourth-order valence-electron chi connectivity index (χ4n) is 2.35. The molecule has 1 amide bonds. The Bertz CT molecular complexity index is 748. The van der Waals surface area contributed by atoms with E-state index in [4.69, 9.17) is 14.7 Å². The van der Waals surface area contributed by atoms with Gasteiger partial charge in [-0.05, 0) is 35.4 Å². The van der Waals surface area contributed by atoms with E-state index in [-0.39, 0.29) is 12.3 Å². The molecule has 2 aromatic rings. The predicted molar refractivity (Wildman–Crippen MR) is 90.9 cm³/mol. The molecule has 5 nitrogen and oxygen atoms in total. The topological polar surface area (TPSA) is 62.6 Å². The molecule has 0 radical (unpaired) electrons. The Labute approximate surface area is 142 Å². The van der Waals surface area contributed by atoms with Crippen LogP contribution in [0, 0.1) is 11.3 Å². The average Bonchev–Trinajstić information content (AvgIpc) is 2.62. The molecular formula is C19H20N2O3. The number of amides is 1. The van der Waals surface area contributed by atoms with Crippen LogP contribution in [-0.2, 0) is 17.8 Å².